The van der Waals surface area contributed by atoms with Gasteiger partial charge in [-0.15, -0.1) is 0 Å². The van der Waals surface area contributed by atoms with Crippen LogP contribution >= 0.6 is 31.9 Å². The van der Waals surface area contributed by atoms with Gasteiger partial charge in [-0.2, -0.15) is 5.10 Å². The third kappa shape index (κ3) is 4.27. The number of carbonyl (C=O) groups excluding carboxylic acids is 1. The molecule has 3 aromatic rings. The van der Waals surface area contributed by atoms with Crippen LogP contribution in [-0.2, 0) is 0 Å². The molecule has 1 N–H and O–H groups in total. The Morgan fingerprint density at radius 2 is 1.88 bits per heavy atom. The molecule has 25 heavy (non-hydrogen) atoms. The molecular weight excluding hydrogens is 448 g/mol. The molecule has 0 aliphatic rings. The van der Waals surface area contributed by atoms with Gasteiger partial charge in [-0.05, 0) is 58.7 Å². The number of furan rings is 1. The molecule has 1 heterocycles. The van der Waals surface area contributed by atoms with Crippen molar-refractivity contribution < 1.29 is 9.21 Å². The molecule has 0 radical (unpaired) electrons. The van der Waals surface area contributed by atoms with Crippen molar-refractivity contribution in [2.45, 2.75) is 6.92 Å². The number of amides is 1. The van der Waals surface area contributed by atoms with Crippen LogP contribution in [0.25, 0.3) is 11.3 Å². The summed E-state index contributed by atoms with van der Waals surface area (Å²) < 4.78 is 7.49. The summed E-state index contributed by atoms with van der Waals surface area (Å²) >= 11 is 6.86. The lowest BCUT2D eigenvalue weighted by Gasteiger charge is -2.02. The van der Waals surface area contributed by atoms with Crippen molar-refractivity contribution in [2.75, 3.05) is 0 Å². The summed E-state index contributed by atoms with van der Waals surface area (Å²) in [4.78, 5) is 12.1. The summed E-state index contributed by atoms with van der Waals surface area (Å²) in [5, 5.41) is 3.95. The van der Waals surface area contributed by atoms with E-state index in [1.54, 1.807) is 24.3 Å². The Morgan fingerprint density at radius 3 is 2.64 bits per heavy atom. The fourth-order valence-electron chi connectivity index (χ4n) is 2.18. The van der Waals surface area contributed by atoms with E-state index in [0.717, 1.165) is 21.4 Å². The van der Waals surface area contributed by atoms with Gasteiger partial charge in [-0.3, -0.25) is 4.79 Å². The van der Waals surface area contributed by atoms with Gasteiger partial charge < -0.3 is 4.42 Å². The summed E-state index contributed by atoms with van der Waals surface area (Å²) in [6.45, 7) is 2.03. The van der Waals surface area contributed by atoms with E-state index in [0.29, 0.717) is 15.8 Å². The van der Waals surface area contributed by atoms with Crippen LogP contribution in [0.3, 0.4) is 0 Å². The number of nitrogens with one attached hydrogen (secondary N) is 1. The number of benzene rings is 2. The molecule has 0 bridgehead atoms. The Bertz CT molecular complexity index is 948. The van der Waals surface area contributed by atoms with Crippen LogP contribution in [0.5, 0.6) is 0 Å². The summed E-state index contributed by atoms with van der Waals surface area (Å²) in [7, 11) is 0. The SMILES string of the molecule is Cc1ccc(-c2ccc(/C=N\NC(=O)c3ccccc3Br)o2)cc1Br. The molecule has 3 rings (SSSR count). The van der Waals surface area contributed by atoms with Gasteiger partial charge in [0.05, 0.1) is 11.8 Å². The van der Waals surface area contributed by atoms with Crippen molar-refractivity contribution in [3.05, 3.63) is 80.4 Å². The maximum absolute atomic E-state index is 12.1. The quantitative estimate of drug-likeness (QED) is 0.409. The van der Waals surface area contributed by atoms with Crippen molar-refractivity contribution in [1.29, 1.82) is 0 Å². The first kappa shape index (κ1) is 17.6. The van der Waals surface area contributed by atoms with Gasteiger partial charge in [0.1, 0.15) is 11.5 Å². The van der Waals surface area contributed by atoms with Gasteiger partial charge in [0.2, 0.25) is 0 Å². The second kappa shape index (κ2) is 7.80. The monoisotopic (exact) mass is 460 g/mol. The summed E-state index contributed by atoms with van der Waals surface area (Å²) in [6, 6.07) is 16.9. The Balaban J connectivity index is 1.69. The zero-order chi connectivity index (χ0) is 17.8. The molecule has 2 aromatic carbocycles. The van der Waals surface area contributed by atoms with Crippen molar-refractivity contribution in [1.82, 2.24) is 5.43 Å². The lowest BCUT2D eigenvalue weighted by atomic mass is 10.1. The molecule has 0 aliphatic heterocycles. The average Bonchev–Trinajstić information content (AvgIpc) is 3.06. The minimum absolute atomic E-state index is 0.294. The molecule has 0 aliphatic carbocycles. The van der Waals surface area contributed by atoms with Crippen LogP contribution in [0.2, 0.25) is 0 Å². The number of carbonyl (C=O) groups is 1. The highest BCUT2D eigenvalue weighted by Gasteiger charge is 2.08. The third-order valence-electron chi connectivity index (χ3n) is 3.56. The van der Waals surface area contributed by atoms with Gasteiger partial charge >= 0.3 is 0 Å². The third-order valence-corrected chi connectivity index (χ3v) is 5.11. The van der Waals surface area contributed by atoms with Crippen LogP contribution in [0.1, 0.15) is 21.7 Å². The van der Waals surface area contributed by atoms with E-state index in [9.17, 15) is 4.79 Å². The highest BCUT2D eigenvalue weighted by atomic mass is 79.9. The summed E-state index contributed by atoms with van der Waals surface area (Å²) in [5.74, 6) is 0.997. The first-order valence-electron chi connectivity index (χ1n) is 7.49. The minimum atomic E-state index is -0.294. The highest BCUT2D eigenvalue weighted by Crippen LogP contribution is 2.26. The van der Waals surface area contributed by atoms with Crippen molar-refractivity contribution in [2.24, 2.45) is 5.10 Å². The molecule has 0 saturated carbocycles. The smallest absolute Gasteiger partial charge is 0.272 e. The molecular formula is C19H14Br2N2O2. The van der Waals surface area contributed by atoms with E-state index in [1.165, 1.54) is 6.21 Å². The predicted molar refractivity (Wildman–Crippen MR) is 106 cm³/mol. The largest absolute Gasteiger partial charge is 0.455 e. The predicted octanol–water partition coefficient (Wildman–Crippen LogP) is 5.54. The van der Waals surface area contributed by atoms with E-state index in [4.69, 9.17) is 4.42 Å². The van der Waals surface area contributed by atoms with Crippen molar-refractivity contribution >= 4 is 44.0 Å². The molecule has 0 saturated heterocycles. The first-order valence-corrected chi connectivity index (χ1v) is 9.07. The normalized spacial score (nSPS) is 11.0. The average molecular weight is 462 g/mol. The maximum Gasteiger partial charge on any atom is 0.272 e. The zero-order valence-electron chi connectivity index (χ0n) is 13.3. The van der Waals surface area contributed by atoms with Gasteiger partial charge in [0.25, 0.3) is 5.91 Å². The Hall–Kier alpha value is -2.18. The molecule has 0 spiro atoms. The maximum atomic E-state index is 12.1. The van der Waals surface area contributed by atoms with Gasteiger partial charge in [0.15, 0.2) is 0 Å². The molecule has 6 heteroatoms. The van der Waals surface area contributed by atoms with Gasteiger partial charge in [0, 0.05) is 14.5 Å². The number of aryl methyl sites for hydroxylation is 1. The molecule has 0 atom stereocenters. The zero-order valence-corrected chi connectivity index (χ0v) is 16.5. The number of hydrogen-bond acceptors (Lipinski definition) is 3. The molecule has 1 aromatic heterocycles. The minimum Gasteiger partial charge on any atom is -0.455 e. The van der Waals surface area contributed by atoms with E-state index in [-0.39, 0.29) is 5.91 Å². The van der Waals surface area contributed by atoms with E-state index < -0.39 is 0 Å². The van der Waals surface area contributed by atoms with Crippen LogP contribution in [0.15, 0.2) is 73.1 Å². The first-order chi connectivity index (χ1) is 12.0. The van der Waals surface area contributed by atoms with Crippen molar-refractivity contribution in [3.63, 3.8) is 0 Å². The van der Waals surface area contributed by atoms with Gasteiger partial charge in [-0.1, -0.05) is 40.2 Å². The van der Waals surface area contributed by atoms with E-state index >= 15 is 0 Å². The number of hydrazone groups is 1. The fourth-order valence-corrected chi connectivity index (χ4v) is 3.03. The molecule has 0 unspecified atom stereocenters. The Kier molecular flexibility index (Phi) is 5.50. The Labute approximate surface area is 162 Å². The molecule has 4 nitrogen and oxygen atoms in total. The summed E-state index contributed by atoms with van der Waals surface area (Å²) in [5.41, 5.74) is 5.13. The number of hydrogen-bond donors (Lipinski definition) is 1. The Morgan fingerprint density at radius 1 is 1.08 bits per heavy atom. The van der Waals surface area contributed by atoms with Gasteiger partial charge in [-0.25, -0.2) is 5.43 Å². The number of nitrogens with zero attached hydrogens (tertiary/aromatic N) is 1. The highest BCUT2D eigenvalue weighted by molar-refractivity contribution is 9.10. The van der Waals surface area contributed by atoms with E-state index in [2.05, 4.69) is 42.4 Å². The molecule has 1 amide bonds. The number of halogens is 2. The van der Waals surface area contributed by atoms with Crippen LogP contribution in [0, 0.1) is 6.92 Å². The fraction of sp³-hybridized carbons (Fsp3) is 0.0526. The van der Waals surface area contributed by atoms with Crippen LogP contribution < -0.4 is 5.43 Å². The lowest BCUT2D eigenvalue weighted by molar-refractivity contribution is 0.0954. The second-order valence-corrected chi connectivity index (χ2v) is 7.05. The topological polar surface area (TPSA) is 54.6 Å². The van der Waals surface area contributed by atoms with Crippen LogP contribution in [-0.4, -0.2) is 12.1 Å². The van der Waals surface area contributed by atoms with Crippen LogP contribution in [0.4, 0.5) is 0 Å². The summed E-state index contributed by atoms with van der Waals surface area (Å²) in [6.07, 6.45) is 1.47. The molecule has 126 valence electrons. The number of rotatable bonds is 4. The standard InChI is InChI=1S/C19H14Br2N2O2/c1-12-6-7-13(10-17(12)21)18-9-8-14(25-18)11-22-23-19(24)15-4-2-3-5-16(15)20/h2-11H,1H3,(H,23,24)/b22-11-. The molecule has 0 fully saturated rings. The second-order valence-electron chi connectivity index (χ2n) is 5.34. The lowest BCUT2D eigenvalue weighted by Crippen LogP contribution is -2.17. The van der Waals surface area contributed by atoms with E-state index in [1.807, 2.05) is 37.3 Å². The van der Waals surface area contributed by atoms with Crippen molar-refractivity contribution in [3.8, 4) is 11.3 Å².